The highest BCUT2D eigenvalue weighted by Gasteiger charge is 2.24. The Labute approximate surface area is 127 Å². The minimum absolute atomic E-state index is 0.297. The van der Waals surface area contributed by atoms with Crippen LogP contribution in [0.2, 0.25) is 0 Å². The van der Waals surface area contributed by atoms with Crippen molar-refractivity contribution in [3.8, 4) is 17.7 Å². The van der Waals surface area contributed by atoms with Gasteiger partial charge in [0.25, 0.3) is 5.89 Å². The highest BCUT2D eigenvalue weighted by Crippen LogP contribution is 2.31. The van der Waals surface area contributed by atoms with Crippen molar-refractivity contribution in [1.82, 2.24) is 4.98 Å². The van der Waals surface area contributed by atoms with E-state index in [1.54, 1.807) is 18.4 Å². The van der Waals surface area contributed by atoms with Gasteiger partial charge >= 0.3 is 0 Å². The average molecular weight is 291 g/mol. The predicted octanol–water partition coefficient (Wildman–Crippen LogP) is 3.37. The summed E-state index contributed by atoms with van der Waals surface area (Å²) in [6, 6.07) is 14.0. The molecule has 1 aliphatic rings. The zero-order valence-electron chi connectivity index (χ0n) is 11.8. The lowest BCUT2D eigenvalue weighted by molar-refractivity contribution is 0.504. The molecule has 0 radical (unpaired) electrons. The van der Waals surface area contributed by atoms with E-state index in [1.165, 1.54) is 11.1 Å². The number of rotatable bonds is 2. The summed E-state index contributed by atoms with van der Waals surface area (Å²) < 4.78 is 11.1. The summed E-state index contributed by atoms with van der Waals surface area (Å²) in [4.78, 5) is 6.30. The minimum atomic E-state index is 0.297. The SMILES string of the molecule is N#Cc1nc(-c2ccco2)oc1N1CCc2ccccc2C1. The van der Waals surface area contributed by atoms with Gasteiger partial charge in [-0.25, -0.2) is 0 Å². The first-order chi connectivity index (χ1) is 10.8. The summed E-state index contributed by atoms with van der Waals surface area (Å²) in [7, 11) is 0. The van der Waals surface area contributed by atoms with Crippen LogP contribution in [0.3, 0.4) is 0 Å². The Bertz CT molecular complexity index is 843. The van der Waals surface area contributed by atoms with E-state index in [9.17, 15) is 5.26 Å². The third-order valence-electron chi connectivity index (χ3n) is 3.87. The summed E-state index contributed by atoms with van der Waals surface area (Å²) in [5.41, 5.74) is 2.91. The molecule has 22 heavy (non-hydrogen) atoms. The van der Waals surface area contributed by atoms with Crippen molar-refractivity contribution in [2.24, 2.45) is 0 Å². The molecule has 0 N–H and O–H groups in total. The molecular weight excluding hydrogens is 278 g/mol. The van der Waals surface area contributed by atoms with Crippen LogP contribution in [-0.4, -0.2) is 11.5 Å². The van der Waals surface area contributed by atoms with Crippen LogP contribution in [0.5, 0.6) is 0 Å². The number of aromatic nitrogens is 1. The molecule has 3 heterocycles. The number of hydrogen-bond acceptors (Lipinski definition) is 5. The summed E-state index contributed by atoms with van der Waals surface area (Å²) in [5, 5.41) is 9.33. The second-order valence-corrected chi connectivity index (χ2v) is 5.20. The van der Waals surface area contributed by atoms with Crippen LogP contribution in [0, 0.1) is 11.3 Å². The van der Waals surface area contributed by atoms with Crippen LogP contribution in [0.4, 0.5) is 5.88 Å². The maximum absolute atomic E-state index is 9.33. The number of fused-ring (bicyclic) bond motifs is 1. The third kappa shape index (κ3) is 2.06. The van der Waals surface area contributed by atoms with E-state index >= 15 is 0 Å². The van der Waals surface area contributed by atoms with Gasteiger partial charge in [-0.3, -0.25) is 0 Å². The van der Waals surface area contributed by atoms with E-state index < -0.39 is 0 Å². The molecule has 0 unspecified atom stereocenters. The minimum Gasteiger partial charge on any atom is -0.459 e. The zero-order chi connectivity index (χ0) is 14.9. The largest absolute Gasteiger partial charge is 0.459 e. The first kappa shape index (κ1) is 12.7. The van der Waals surface area contributed by atoms with Gasteiger partial charge in [-0.15, -0.1) is 0 Å². The molecule has 0 saturated carbocycles. The molecule has 0 fully saturated rings. The Morgan fingerprint density at radius 2 is 2.00 bits per heavy atom. The fraction of sp³-hybridized carbons (Fsp3) is 0.176. The third-order valence-corrected chi connectivity index (χ3v) is 3.87. The van der Waals surface area contributed by atoms with Gasteiger partial charge in [0.1, 0.15) is 6.07 Å². The normalized spacial score (nSPS) is 13.7. The smallest absolute Gasteiger partial charge is 0.266 e. The number of benzene rings is 1. The van der Waals surface area contributed by atoms with E-state index in [1.807, 2.05) is 6.07 Å². The molecule has 0 amide bonds. The van der Waals surface area contributed by atoms with E-state index in [2.05, 4.69) is 34.2 Å². The second kappa shape index (κ2) is 5.08. The number of hydrogen-bond donors (Lipinski definition) is 0. The van der Waals surface area contributed by atoms with Crippen molar-refractivity contribution in [3.05, 3.63) is 59.5 Å². The van der Waals surface area contributed by atoms with Gasteiger partial charge in [-0.2, -0.15) is 10.2 Å². The number of nitrogens with zero attached hydrogens (tertiary/aromatic N) is 3. The monoisotopic (exact) mass is 291 g/mol. The lowest BCUT2D eigenvalue weighted by atomic mass is 10.00. The highest BCUT2D eigenvalue weighted by molar-refractivity contribution is 5.56. The highest BCUT2D eigenvalue weighted by atomic mass is 16.4. The summed E-state index contributed by atoms with van der Waals surface area (Å²) in [5.74, 6) is 1.39. The number of oxazole rings is 1. The van der Waals surface area contributed by atoms with Crippen LogP contribution < -0.4 is 4.90 Å². The van der Waals surface area contributed by atoms with Gasteiger partial charge in [-0.05, 0) is 29.7 Å². The lowest BCUT2D eigenvalue weighted by Gasteiger charge is -2.28. The summed E-state index contributed by atoms with van der Waals surface area (Å²) >= 11 is 0. The van der Waals surface area contributed by atoms with Crippen molar-refractivity contribution >= 4 is 5.88 Å². The summed E-state index contributed by atoms with van der Waals surface area (Å²) in [6.45, 7) is 1.52. The molecule has 5 nitrogen and oxygen atoms in total. The quantitative estimate of drug-likeness (QED) is 0.724. The van der Waals surface area contributed by atoms with Crippen molar-refractivity contribution in [1.29, 1.82) is 5.26 Å². The Balaban J connectivity index is 1.70. The second-order valence-electron chi connectivity index (χ2n) is 5.20. The molecule has 2 aromatic heterocycles. The average Bonchev–Trinajstić information content (AvgIpc) is 3.23. The van der Waals surface area contributed by atoms with Crippen LogP contribution in [0.1, 0.15) is 16.8 Å². The van der Waals surface area contributed by atoms with Gasteiger partial charge < -0.3 is 13.7 Å². The van der Waals surface area contributed by atoms with Crippen LogP contribution >= 0.6 is 0 Å². The molecule has 5 heteroatoms. The van der Waals surface area contributed by atoms with Crippen molar-refractivity contribution in [2.45, 2.75) is 13.0 Å². The van der Waals surface area contributed by atoms with Gasteiger partial charge in [0.2, 0.25) is 11.6 Å². The Morgan fingerprint density at radius 3 is 2.77 bits per heavy atom. The number of nitriles is 1. The standard InChI is InChI=1S/C17H13N3O2/c18-10-14-17(22-16(19-14)15-6-3-9-21-15)20-8-7-12-4-1-2-5-13(12)11-20/h1-6,9H,7-8,11H2. The van der Waals surface area contributed by atoms with Gasteiger partial charge in [0.05, 0.1) is 6.26 Å². The molecular formula is C17H13N3O2. The van der Waals surface area contributed by atoms with E-state index in [0.29, 0.717) is 23.2 Å². The van der Waals surface area contributed by atoms with Gasteiger partial charge in [-0.1, -0.05) is 24.3 Å². The van der Waals surface area contributed by atoms with Crippen molar-refractivity contribution in [3.63, 3.8) is 0 Å². The molecule has 1 aliphatic heterocycles. The maximum Gasteiger partial charge on any atom is 0.266 e. The van der Waals surface area contributed by atoms with Gasteiger partial charge in [0, 0.05) is 13.1 Å². The molecule has 3 aromatic rings. The van der Waals surface area contributed by atoms with Crippen LogP contribution in [-0.2, 0) is 13.0 Å². The molecule has 0 spiro atoms. The fourth-order valence-electron chi connectivity index (χ4n) is 2.77. The summed E-state index contributed by atoms with van der Waals surface area (Å²) in [6.07, 6.45) is 2.49. The topological polar surface area (TPSA) is 66.2 Å². The first-order valence-corrected chi connectivity index (χ1v) is 7.11. The maximum atomic E-state index is 9.33. The van der Waals surface area contributed by atoms with Crippen molar-refractivity contribution in [2.75, 3.05) is 11.4 Å². The number of furan rings is 1. The molecule has 4 rings (SSSR count). The first-order valence-electron chi connectivity index (χ1n) is 7.11. The van der Waals surface area contributed by atoms with E-state index in [-0.39, 0.29) is 0 Å². The van der Waals surface area contributed by atoms with Crippen LogP contribution in [0.15, 0.2) is 51.5 Å². The molecule has 0 aliphatic carbocycles. The van der Waals surface area contributed by atoms with E-state index in [4.69, 9.17) is 8.83 Å². The molecule has 1 aromatic carbocycles. The van der Waals surface area contributed by atoms with Crippen LogP contribution in [0.25, 0.3) is 11.7 Å². The van der Waals surface area contributed by atoms with Gasteiger partial charge in [0.15, 0.2) is 5.76 Å². The zero-order valence-corrected chi connectivity index (χ0v) is 11.8. The molecule has 0 bridgehead atoms. The Morgan fingerprint density at radius 1 is 1.14 bits per heavy atom. The Kier molecular flexibility index (Phi) is 2.94. The lowest BCUT2D eigenvalue weighted by Crippen LogP contribution is -2.30. The fourth-order valence-corrected chi connectivity index (χ4v) is 2.77. The molecule has 0 atom stereocenters. The molecule has 0 saturated heterocycles. The van der Waals surface area contributed by atoms with Crippen molar-refractivity contribution < 1.29 is 8.83 Å². The molecule has 108 valence electrons. The predicted molar refractivity (Wildman–Crippen MR) is 80.1 cm³/mol. The number of anilines is 1. The van der Waals surface area contributed by atoms with E-state index in [0.717, 1.165) is 19.5 Å². The Hall–Kier alpha value is -3.00.